The molecule has 1 heterocycles. The first kappa shape index (κ1) is 12.2. The molecule has 0 aliphatic rings. The first-order valence-electron chi connectivity index (χ1n) is 5.17. The van der Waals surface area contributed by atoms with Crippen molar-refractivity contribution in [2.75, 3.05) is 13.2 Å². The van der Waals surface area contributed by atoms with Gasteiger partial charge in [0.15, 0.2) is 6.29 Å². The molecule has 0 fully saturated rings. The molecule has 0 aromatic carbocycles. The molecule has 0 amide bonds. The molecule has 15 heavy (non-hydrogen) atoms. The van der Waals surface area contributed by atoms with Gasteiger partial charge in [0.2, 0.25) is 0 Å². The van der Waals surface area contributed by atoms with Gasteiger partial charge >= 0.3 is 0 Å². The summed E-state index contributed by atoms with van der Waals surface area (Å²) in [5.74, 6) is 0. The van der Waals surface area contributed by atoms with Crippen LogP contribution in [-0.4, -0.2) is 29.3 Å². The van der Waals surface area contributed by atoms with E-state index in [1.807, 2.05) is 27.0 Å². The number of aromatic nitrogens is 2. The fourth-order valence-electron chi connectivity index (χ4n) is 1.43. The van der Waals surface area contributed by atoms with E-state index >= 15 is 0 Å². The van der Waals surface area contributed by atoms with Crippen molar-refractivity contribution >= 4 is 0 Å². The van der Waals surface area contributed by atoms with Crippen LogP contribution in [0.3, 0.4) is 0 Å². The largest absolute Gasteiger partial charge is 0.351 e. The van der Waals surface area contributed by atoms with Gasteiger partial charge in [0, 0.05) is 26.5 Å². The summed E-state index contributed by atoms with van der Waals surface area (Å²) in [7, 11) is 1.85. The minimum atomic E-state index is -0.407. The fourth-order valence-corrected chi connectivity index (χ4v) is 1.43. The number of aryl methyl sites for hydroxylation is 1. The maximum atomic E-state index is 6.05. The predicted octanol–water partition coefficient (Wildman–Crippen LogP) is 0.819. The van der Waals surface area contributed by atoms with E-state index in [4.69, 9.17) is 15.2 Å². The number of hydrogen-bond acceptors (Lipinski definition) is 4. The Morgan fingerprint density at radius 3 is 2.40 bits per heavy atom. The molecule has 0 spiro atoms. The van der Waals surface area contributed by atoms with Gasteiger partial charge in [0.1, 0.15) is 0 Å². The minimum Gasteiger partial charge on any atom is -0.351 e. The van der Waals surface area contributed by atoms with Crippen LogP contribution in [0.1, 0.15) is 25.6 Å². The third-order valence-corrected chi connectivity index (χ3v) is 2.16. The van der Waals surface area contributed by atoms with Crippen LogP contribution in [0.15, 0.2) is 12.3 Å². The average Bonchev–Trinajstić information content (AvgIpc) is 2.63. The van der Waals surface area contributed by atoms with Gasteiger partial charge in [-0.1, -0.05) is 0 Å². The Morgan fingerprint density at radius 1 is 1.40 bits per heavy atom. The van der Waals surface area contributed by atoms with E-state index in [1.165, 1.54) is 0 Å². The van der Waals surface area contributed by atoms with Crippen LogP contribution >= 0.6 is 0 Å². The lowest BCUT2D eigenvalue weighted by molar-refractivity contribution is -0.150. The average molecular weight is 213 g/mol. The van der Waals surface area contributed by atoms with E-state index in [0.29, 0.717) is 13.2 Å². The monoisotopic (exact) mass is 213 g/mol. The van der Waals surface area contributed by atoms with Crippen molar-refractivity contribution in [3.8, 4) is 0 Å². The van der Waals surface area contributed by atoms with Crippen molar-refractivity contribution in [2.45, 2.75) is 26.2 Å². The minimum absolute atomic E-state index is 0.308. The molecular formula is C10H19N3O2. The Labute approximate surface area is 90.2 Å². The second kappa shape index (κ2) is 5.85. The van der Waals surface area contributed by atoms with E-state index in [2.05, 4.69) is 5.10 Å². The van der Waals surface area contributed by atoms with Crippen molar-refractivity contribution < 1.29 is 9.47 Å². The molecule has 1 unspecified atom stereocenters. The van der Waals surface area contributed by atoms with Gasteiger partial charge in [-0.3, -0.25) is 4.68 Å². The van der Waals surface area contributed by atoms with Gasteiger partial charge in [0.05, 0.1) is 11.7 Å². The zero-order chi connectivity index (χ0) is 11.3. The predicted molar refractivity (Wildman–Crippen MR) is 57.2 cm³/mol. The number of nitrogens with two attached hydrogens (primary N) is 1. The first-order chi connectivity index (χ1) is 7.20. The van der Waals surface area contributed by atoms with Crippen molar-refractivity contribution in [3.05, 3.63) is 18.0 Å². The van der Waals surface area contributed by atoms with Crippen LogP contribution in [0.25, 0.3) is 0 Å². The molecule has 1 rings (SSSR count). The maximum Gasteiger partial charge on any atom is 0.178 e. The zero-order valence-corrected chi connectivity index (χ0v) is 9.51. The molecule has 0 aliphatic heterocycles. The second-order valence-electron chi connectivity index (χ2n) is 3.18. The van der Waals surface area contributed by atoms with Crippen LogP contribution in [0.4, 0.5) is 0 Å². The van der Waals surface area contributed by atoms with Crippen LogP contribution in [0.5, 0.6) is 0 Å². The molecule has 0 bridgehead atoms. The van der Waals surface area contributed by atoms with Crippen LogP contribution < -0.4 is 5.73 Å². The van der Waals surface area contributed by atoms with Crippen molar-refractivity contribution in [1.82, 2.24) is 9.78 Å². The molecule has 1 aromatic heterocycles. The van der Waals surface area contributed by atoms with Gasteiger partial charge in [-0.05, 0) is 19.9 Å². The summed E-state index contributed by atoms with van der Waals surface area (Å²) in [5, 5.41) is 4.07. The topological polar surface area (TPSA) is 62.3 Å². The van der Waals surface area contributed by atoms with Crippen molar-refractivity contribution in [2.24, 2.45) is 12.8 Å². The second-order valence-corrected chi connectivity index (χ2v) is 3.18. The molecule has 1 aromatic rings. The maximum absolute atomic E-state index is 6.05. The Bertz CT molecular complexity index is 282. The highest BCUT2D eigenvalue weighted by Gasteiger charge is 2.22. The van der Waals surface area contributed by atoms with Crippen LogP contribution in [0.2, 0.25) is 0 Å². The molecule has 0 saturated carbocycles. The summed E-state index contributed by atoms with van der Waals surface area (Å²) in [6.45, 7) is 5.00. The summed E-state index contributed by atoms with van der Waals surface area (Å²) >= 11 is 0. The van der Waals surface area contributed by atoms with Gasteiger partial charge in [-0.25, -0.2) is 0 Å². The van der Waals surface area contributed by atoms with Gasteiger partial charge in [-0.15, -0.1) is 0 Å². The van der Waals surface area contributed by atoms with E-state index in [1.54, 1.807) is 10.9 Å². The molecule has 0 saturated heterocycles. The van der Waals surface area contributed by atoms with Crippen LogP contribution in [0, 0.1) is 0 Å². The number of ether oxygens (including phenoxy) is 2. The van der Waals surface area contributed by atoms with E-state index in [0.717, 1.165) is 5.69 Å². The van der Waals surface area contributed by atoms with E-state index in [-0.39, 0.29) is 6.04 Å². The molecule has 0 radical (unpaired) electrons. The van der Waals surface area contributed by atoms with Crippen molar-refractivity contribution in [3.63, 3.8) is 0 Å². The number of hydrogen-bond donors (Lipinski definition) is 1. The number of nitrogens with zero attached hydrogens (tertiary/aromatic N) is 2. The van der Waals surface area contributed by atoms with Crippen LogP contribution in [-0.2, 0) is 16.5 Å². The third kappa shape index (κ3) is 3.02. The molecule has 5 heteroatoms. The standard InChI is InChI=1S/C10H19N3O2/c1-4-14-10(15-5-2)9(11)8-6-7-12-13(8)3/h6-7,9-10H,4-5,11H2,1-3H3. The molecule has 1 atom stereocenters. The lowest BCUT2D eigenvalue weighted by Crippen LogP contribution is -2.33. The fraction of sp³-hybridized carbons (Fsp3) is 0.700. The van der Waals surface area contributed by atoms with E-state index < -0.39 is 6.29 Å². The highest BCUT2D eigenvalue weighted by Crippen LogP contribution is 2.16. The number of rotatable bonds is 6. The van der Waals surface area contributed by atoms with Gasteiger partial charge < -0.3 is 15.2 Å². The summed E-state index contributed by atoms with van der Waals surface area (Å²) in [6.07, 6.45) is 1.31. The summed E-state index contributed by atoms with van der Waals surface area (Å²) in [6, 6.07) is 1.56. The third-order valence-electron chi connectivity index (χ3n) is 2.16. The molecule has 2 N–H and O–H groups in total. The van der Waals surface area contributed by atoms with Crippen molar-refractivity contribution in [1.29, 1.82) is 0 Å². The zero-order valence-electron chi connectivity index (χ0n) is 9.51. The first-order valence-corrected chi connectivity index (χ1v) is 5.17. The quantitative estimate of drug-likeness (QED) is 0.711. The molecule has 86 valence electrons. The lowest BCUT2D eigenvalue weighted by atomic mass is 10.2. The summed E-state index contributed by atoms with van der Waals surface area (Å²) < 4.78 is 12.6. The Morgan fingerprint density at radius 2 is 2.00 bits per heavy atom. The highest BCUT2D eigenvalue weighted by atomic mass is 16.7. The molecule has 5 nitrogen and oxygen atoms in total. The summed E-state index contributed by atoms with van der Waals surface area (Å²) in [5.41, 5.74) is 6.95. The highest BCUT2D eigenvalue weighted by molar-refractivity contribution is 5.06. The summed E-state index contributed by atoms with van der Waals surface area (Å²) in [4.78, 5) is 0. The van der Waals surface area contributed by atoms with Gasteiger partial charge in [-0.2, -0.15) is 5.10 Å². The Kier molecular flexibility index (Phi) is 4.74. The lowest BCUT2D eigenvalue weighted by Gasteiger charge is -2.23. The van der Waals surface area contributed by atoms with E-state index in [9.17, 15) is 0 Å². The Hall–Kier alpha value is -0.910. The molecular weight excluding hydrogens is 194 g/mol. The molecule has 0 aliphatic carbocycles. The SMILES string of the molecule is CCOC(OCC)C(N)c1ccnn1C. The smallest absolute Gasteiger partial charge is 0.178 e. The van der Waals surface area contributed by atoms with Gasteiger partial charge in [0.25, 0.3) is 0 Å². The Balaban J connectivity index is 2.71. The normalized spacial score (nSPS) is 13.4.